The third-order valence-electron chi connectivity index (χ3n) is 4.24. The molecule has 0 amide bonds. The average Bonchev–Trinajstić information content (AvgIpc) is 2.96. The molecule has 0 radical (unpaired) electrons. The van der Waals surface area contributed by atoms with Gasteiger partial charge >= 0.3 is 0 Å². The molecule has 6 nitrogen and oxygen atoms in total. The van der Waals surface area contributed by atoms with Crippen molar-refractivity contribution in [3.63, 3.8) is 0 Å². The van der Waals surface area contributed by atoms with Crippen molar-refractivity contribution in [2.24, 2.45) is 7.05 Å². The predicted molar refractivity (Wildman–Crippen MR) is 99.8 cm³/mol. The Morgan fingerprint density at radius 2 is 1.81 bits per heavy atom. The number of fused-ring (bicyclic) bond motifs is 1. The van der Waals surface area contributed by atoms with E-state index in [1.807, 2.05) is 30.3 Å². The Labute approximate surface area is 153 Å². The first-order chi connectivity index (χ1) is 13.0. The summed E-state index contributed by atoms with van der Waals surface area (Å²) in [5.74, 6) is -1.42. The monoisotopic (exact) mass is 366 g/mol. The molecule has 136 valence electrons. The van der Waals surface area contributed by atoms with Crippen molar-refractivity contribution < 1.29 is 8.78 Å². The second kappa shape index (κ2) is 6.64. The average molecular weight is 366 g/mol. The topological polar surface area (TPSA) is 81.7 Å². The van der Waals surface area contributed by atoms with E-state index in [0.717, 1.165) is 11.6 Å². The number of rotatable bonds is 4. The molecule has 0 aliphatic rings. The van der Waals surface area contributed by atoms with Crippen molar-refractivity contribution in [2.75, 3.05) is 11.1 Å². The summed E-state index contributed by atoms with van der Waals surface area (Å²) in [5.41, 5.74) is 7.59. The Morgan fingerprint density at radius 3 is 2.59 bits per heavy atom. The van der Waals surface area contributed by atoms with Crippen LogP contribution >= 0.6 is 0 Å². The number of hydrogen-bond donors (Lipinski definition) is 2. The lowest BCUT2D eigenvalue weighted by Gasteiger charge is -2.09. The molecule has 0 saturated carbocycles. The van der Waals surface area contributed by atoms with Crippen LogP contribution in [0.4, 0.5) is 20.5 Å². The summed E-state index contributed by atoms with van der Waals surface area (Å²) in [4.78, 5) is 8.76. The van der Waals surface area contributed by atoms with E-state index in [1.54, 1.807) is 7.05 Å². The molecule has 2 heterocycles. The van der Waals surface area contributed by atoms with Crippen LogP contribution < -0.4 is 11.1 Å². The van der Waals surface area contributed by atoms with Crippen molar-refractivity contribution in [1.29, 1.82) is 0 Å². The second-order valence-electron chi connectivity index (χ2n) is 6.04. The molecule has 0 atom stereocenters. The van der Waals surface area contributed by atoms with Crippen molar-refractivity contribution in [3.8, 4) is 11.3 Å². The third kappa shape index (κ3) is 3.05. The molecule has 2 aromatic carbocycles. The van der Waals surface area contributed by atoms with E-state index in [0.29, 0.717) is 17.6 Å². The highest BCUT2D eigenvalue weighted by Gasteiger charge is 2.20. The van der Waals surface area contributed by atoms with E-state index >= 15 is 0 Å². The van der Waals surface area contributed by atoms with Crippen molar-refractivity contribution in [1.82, 2.24) is 19.7 Å². The summed E-state index contributed by atoms with van der Waals surface area (Å²) < 4.78 is 29.6. The normalized spacial score (nSPS) is 11.1. The molecule has 4 aromatic rings. The molecule has 3 N–H and O–H groups in total. The van der Waals surface area contributed by atoms with Crippen LogP contribution in [0.5, 0.6) is 0 Å². The summed E-state index contributed by atoms with van der Waals surface area (Å²) in [7, 11) is 1.65. The van der Waals surface area contributed by atoms with Gasteiger partial charge in [-0.3, -0.25) is 4.68 Å². The van der Waals surface area contributed by atoms with E-state index < -0.39 is 11.6 Å². The van der Waals surface area contributed by atoms with Gasteiger partial charge in [0, 0.05) is 19.2 Å². The van der Waals surface area contributed by atoms with Crippen LogP contribution in [0.25, 0.3) is 22.3 Å². The summed E-state index contributed by atoms with van der Waals surface area (Å²) in [6.45, 7) is 0.472. The Balaban J connectivity index is 1.84. The number of aromatic nitrogens is 4. The first-order valence-electron chi connectivity index (χ1n) is 8.27. The minimum atomic E-state index is -0.991. The van der Waals surface area contributed by atoms with Crippen LogP contribution in [0.15, 0.2) is 48.5 Å². The summed E-state index contributed by atoms with van der Waals surface area (Å²) in [6.07, 6.45) is 0. The van der Waals surface area contributed by atoms with Crippen molar-refractivity contribution in [3.05, 3.63) is 65.7 Å². The molecule has 0 aliphatic carbocycles. The zero-order chi connectivity index (χ0) is 19.0. The second-order valence-corrected chi connectivity index (χ2v) is 6.04. The first kappa shape index (κ1) is 16.9. The molecule has 0 bridgehead atoms. The Kier molecular flexibility index (Phi) is 4.15. The number of anilines is 2. The Bertz CT molecular complexity index is 1120. The van der Waals surface area contributed by atoms with Gasteiger partial charge in [0.15, 0.2) is 17.3 Å². The van der Waals surface area contributed by atoms with E-state index in [2.05, 4.69) is 20.4 Å². The van der Waals surface area contributed by atoms with Gasteiger partial charge in [-0.2, -0.15) is 10.1 Å². The standard InChI is InChI=1S/C19H16F2N6/c1-27-17(22)14-16(12-8-5-9-13(20)15(12)21)24-19(25-18(14)26-27)23-10-11-6-3-2-4-7-11/h2-9H,10,22H2,1H3,(H,23,25,26). The van der Waals surface area contributed by atoms with Gasteiger partial charge in [-0.05, 0) is 17.7 Å². The third-order valence-corrected chi connectivity index (χ3v) is 4.24. The van der Waals surface area contributed by atoms with Gasteiger partial charge in [-0.1, -0.05) is 36.4 Å². The summed E-state index contributed by atoms with van der Waals surface area (Å²) >= 11 is 0. The quantitative estimate of drug-likeness (QED) is 0.578. The maximum atomic E-state index is 14.4. The molecular weight excluding hydrogens is 350 g/mol. The van der Waals surface area contributed by atoms with E-state index in [4.69, 9.17) is 5.73 Å². The number of halogens is 2. The molecule has 2 aromatic heterocycles. The largest absolute Gasteiger partial charge is 0.383 e. The van der Waals surface area contributed by atoms with Gasteiger partial charge in [0.1, 0.15) is 5.82 Å². The SMILES string of the molecule is Cn1nc2nc(NCc3ccccc3)nc(-c3cccc(F)c3F)c2c1N. The molecule has 0 spiro atoms. The van der Waals surface area contributed by atoms with Gasteiger partial charge < -0.3 is 11.1 Å². The van der Waals surface area contributed by atoms with Crippen LogP contribution in [-0.2, 0) is 13.6 Å². The molecule has 0 saturated heterocycles. The van der Waals surface area contributed by atoms with Gasteiger partial charge in [0.25, 0.3) is 0 Å². The molecule has 8 heteroatoms. The number of benzene rings is 2. The fourth-order valence-corrected chi connectivity index (χ4v) is 2.85. The Morgan fingerprint density at radius 1 is 1.04 bits per heavy atom. The fourth-order valence-electron chi connectivity index (χ4n) is 2.85. The lowest BCUT2D eigenvalue weighted by atomic mass is 10.1. The number of aryl methyl sites for hydroxylation is 1. The number of hydrogen-bond acceptors (Lipinski definition) is 5. The highest BCUT2D eigenvalue weighted by Crippen LogP contribution is 2.33. The van der Waals surface area contributed by atoms with Gasteiger partial charge in [-0.15, -0.1) is 0 Å². The highest BCUT2D eigenvalue weighted by molar-refractivity contribution is 5.99. The highest BCUT2D eigenvalue weighted by atomic mass is 19.2. The molecular formula is C19H16F2N6. The zero-order valence-corrected chi connectivity index (χ0v) is 14.4. The van der Waals surface area contributed by atoms with Crippen molar-refractivity contribution >= 4 is 22.8 Å². The lowest BCUT2D eigenvalue weighted by Crippen LogP contribution is -2.05. The van der Waals surface area contributed by atoms with E-state index in [1.165, 1.54) is 16.8 Å². The first-order valence-corrected chi connectivity index (χ1v) is 8.27. The molecule has 0 unspecified atom stereocenters. The number of nitrogens with one attached hydrogen (secondary N) is 1. The molecule has 4 rings (SSSR count). The minimum absolute atomic E-state index is 0.00450. The minimum Gasteiger partial charge on any atom is -0.383 e. The molecule has 0 aliphatic heterocycles. The lowest BCUT2D eigenvalue weighted by molar-refractivity contribution is 0.511. The summed E-state index contributed by atoms with van der Waals surface area (Å²) in [5, 5.41) is 7.73. The summed E-state index contributed by atoms with van der Waals surface area (Å²) in [6, 6.07) is 13.6. The maximum absolute atomic E-state index is 14.4. The van der Waals surface area contributed by atoms with Gasteiger partial charge in [0.05, 0.1) is 11.1 Å². The predicted octanol–water partition coefficient (Wildman–Crippen LogP) is 3.50. The Hall–Kier alpha value is -3.55. The number of nitrogens with two attached hydrogens (primary N) is 1. The van der Waals surface area contributed by atoms with Crippen LogP contribution in [0, 0.1) is 11.6 Å². The number of nitrogen functional groups attached to an aromatic ring is 1. The molecule has 27 heavy (non-hydrogen) atoms. The smallest absolute Gasteiger partial charge is 0.225 e. The van der Waals surface area contributed by atoms with Crippen LogP contribution in [0.2, 0.25) is 0 Å². The van der Waals surface area contributed by atoms with Gasteiger partial charge in [-0.25, -0.2) is 13.8 Å². The van der Waals surface area contributed by atoms with Crippen LogP contribution in [0.1, 0.15) is 5.56 Å². The fraction of sp³-hybridized carbons (Fsp3) is 0.105. The number of nitrogens with zero attached hydrogens (tertiary/aromatic N) is 4. The molecule has 0 fully saturated rings. The maximum Gasteiger partial charge on any atom is 0.225 e. The van der Waals surface area contributed by atoms with Crippen molar-refractivity contribution in [2.45, 2.75) is 6.54 Å². The van der Waals surface area contributed by atoms with Crippen LogP contribution in [0.3, 0.4) is 0 Å². The van der Waals surface area contributed by atoms with Crippen LogP contribution in [-0.4, -0.2) is 19.7 Å². The van der Waals surface area contributed by atoms with E-state index in [-0.39, 0.29) is 23.0 Å². The van der Waals surface area contributed by atoms with E-state index in [9.17, 15) is 8.78 Å². The van der Waals surface area contributed by atoms with Gasteiger partial charge in [0.2, 0.25) is 5.95 Å². The zero-order valence-electron chi connectivity index (χ0n) is 14.4.